The highest BCUT2D eigenvalue weighted by molar-refractivity contribution is 6.18. The number of ketones is 2. The Kier molecular flexibility index (Phi) is 9.86. The normalized spacial score (nSPS) is 37.1. The van der Waals surface area contributed by atoms with Crippen molar-refractivity contribution in [3.63, 3.8) is 0 Å². The highest BCUT2D eigenvalue weighted by Gasteiger charge is 2.75. The maximum atomic E-state index is 17.4. The molecule has 46 heavy (non-hydrogen) atoms. The predicted molar refractivity (Wildman–Crippen MR) is 176 cm³/mol. The van der Waals surface area contributed by atoms with Crippen LogP contribution in [0.2, 0.25) is 0 Å². The largest absolute Gasteiger partial charge is 0.456 e. The van der Waals surface area contributed by atoms with E-state index in [1.54, 1.807) is 26.8 Å². The first-order valence-corrected chi connectivity index (χ1v) is 17.2. The van der Waals surface area contributed by atoms with E-state index in [-0.39, 0.29) is 18.6 Å². The van der Waals surface area contributed by atoms with Gasteiger partial charge in [-0.1, -0.05) is 37.6 Å². The number of carbonyl (C=O) groups is 3. The van der Waals surface area contributed by atoms with E-state index >= 15 is 4.39 Å². The summed E-state index contributed by atoms with van der Waals surface area (Å²) >= 11 is 11.8. The van der Waals surface area contributed by atoms with Crippen molar-refractivity contribution in [2.24, 2.45) is 34.3 Å². The molecule has 5 rings (SSSR count). The van der Waals surface area contributed by atoms with Gasteiger partial charge in [0.15, 0.2) is 18.1 Å². The monoisotopic (exact) mass is 678 g/mol. The number of alkyl halides is 3. The Morgan fingerprint density at radius 2 is 1.80 bits per heavy atom. The first-order valence-electron chi connectivity index (χ1n) is 16.1. The lowest BCUT2D eigenvalue weighted by Crippen LogP contribution is -2.69. The summed E-state index contributed by atoms with van der Waals surface area (Å²) in [6.45, 7) is 5.82. The minimum atomic E-state index is -2.07. The molecule has 0 aromatic heterocycles. The van der Waals surface area contributed by atoms with Crippen LogP contribution in [0.3, 0.4) is 0 Å². The van der Waals surface area contributed by atoms with Crippen molar-refractivity contribution in [1.29, 1.82) is 0 Å². The fraction of sp³-hybridized carbons (Fsp3) is 0.629. The van der Waals surface area contributed by atoms with Crippen LogP contribution >= 0.6 is 23.2 Å². The SMILES string of the molecule is C[C@@H]1C[C@H]2[C@@H]3CCC4=CC(=O)C=C[C@]4(C)[C@@]3(F)[C@@H](O)C[C@]2(C)[C@@]1(O)C(=O)COC(=O)[C@@H](N)Cc1ccc(N(CCCl)CCCl)cc1. The molecule has 0 saturated heterocycles. The number of nitrogens with two attached hydrogens (primary N) is 1. The summed E-state index contributed by atoms with van der Waals surface area (Å²) < 4.78 is 22.8. The highest BCUT2D eigenvalue weighted by atomic mass is 35.5. The molecule has 4 aliphatic carbocycles. The highest BCUT2D eigenvalue weighted by Crippen LogP contribution is 2.70. The Morgan fingerprint density at radius 3 is 2.43 bits per heavy atom. The zero-order chi connectivity index (χ0) is 33.7. The van der Waals surface area contributed by atoms with Gasteiger partial charge in [0.25, 0.3) is 0 Å². The first-order chi connectivity index (χ1) is 21.7. The van der Waals surface area contributed by atoms with Crippen molar-refractivity contribution < 1.29 is 33.7 Å². The Labute approximate surface area is 280 Å². The van der Waals surface area contributed by atoms with Crippen molar-refractivity contribution in [2.75, 3.05) is 36.4 Å². The number of allylic oxidation sites excluding steroid dienone is 4. The zero-order valence-electron chi connectivity index (χ0n) is 26.7. The lowest BCUT2D eigenvalue weighted by atomic mass is 9.44. The molecular formula is C35H45Cl2FN2O6. The third-order valence-corrected chi connectivity index (χ3v) is 12.1. The number of halogens is 3. The Hall–Kier alpha value is -2.30. The van der Waals surface area contributed by atoms with Crippen molar-refractivity contribution in [2.45, 2.75) is 76.3 Å². The van der Waals surface area contributed by atoms with Gasteiger partial charge in [-0.25, -0.2) is 4.39 Å². The van der Waals surface area contributed by atoms with Gasteiger partial charge >= 0.3 is 5.97 Å². The molecule has 8 nitrogen and oxygen atoms in total. The average Bonchev–Trinajstić information content (AvgIpc) is 3.22. The van der Waals surface area contributed by atoms with Gasteiger partial charge in [0.2, 0.25) is 5.78 Å². The van der Waals surface area contributed by atoms with E-state index in [4.69, 9.17) is 33.7 Å². The Bertz CT molecular complexity index is 1420. The number of aliphatic hydroxyl groups excluding tert-OH is 1. The molecule has 0 radical (unpaired) electrons. The Morgan fingerprint density at radius 1 is 1.15 bits per heavy atom. The molecule has 4 aliphatic rings. The number of esters is 1. The molecule has 0 amide bonds. The van der Waals surface area contributed by atoms with Crippen LogP contribution in [0.5, 0.6) is 0 Å². The van der Waals surface area contributed by atoms with Gasteiger partial charge in [-0.15, -0.1) is 23.2 Å². The molecule has 1 aromatic carbocycles. The maximum Gasteiger partial charge on any atom is 0.323 e. The molecule has 0 bridgehead atoms. The number of hydrogen-bond acceptors (Lipinski definition) is 8. The van der Waals surface area contributed by atoms with Crippen LogP contribution in [-0.4, -0.2) is 82.6 Å². The number of fused-ring (bicyclic) bond motifs is 5. The third-order valence-electron chi connectivity index (χ3n) is 11.8. The van der Waals surface area contributed by atoms with Gasteiger partial charge in [-0.05, 0) is 80.7 Å². The quantitative estimate of drug-likeness (QED) is 0.233. The first kappa shape index (κ1) is 35.0. The van der Waals surface area contributed by atoms with Crippen LogP contribution in [0.15, 0.2) is 48.1 Å². The van der Waals surface area contributed by atoms with Crippen LogP contribution in [0, 0.1) is 28.6 Å². The number of anilines is 1. The number of hydrogen-bond donors (Lipinski definition) is 3. The lowest BCUT2D eigenvalue weighted by molar-refractivity contribution is -0.220. The fourth-order valence-electron chi connectivity index (χ4n) is 9.25. The molecule has 0 spiro atoms. The molecule has 0 unspecified atom stereocenters. The number of carbonyl (C=O) groups excluding carboxylic acids is 3. The maximum absolute atomic E-state index is 17.4. The molecule has 11 heteroatoms. The van der Waals surface area contributed by atoms with Gasteiger partial charge in [0.05, 0.1) is 6.10 Å². The third kappa shape index (κ3) is 5.44. The summed E-state index contributed by atoms with van der Waals surface area (Å²) in [4.78, 5) is 40.8. The summed E-state index contributed by atoms with van der Waals surface area (Å²) in [7, 11) is 0. The molecule has 1 aromatic rings. The summed E-state index contributed by atoms with van der Waals surface area (Å²) in [6, 6.07) is 6.49. The van der Waals surface area contributed by atoms with Gasteiger partial charge in [-0.2, -0.15) is 0 Å². The van der Waals surface area contributed by atoms with E-state index in [0.29, 0.717) is 49.7 Å². The average molecular weight is 680 g/mol. The summed E-state index contributed by atoms with van der Waals surface area (Å²) in [5.41, 5.74) is 2.21. The van der Waals surface area contributed by atoms with Gasteiger partial charge in [-0.3, -0.25) is 14.4 Å². The molecule has 3 saturated carbocycles. The molecule has 0 heterocycles. The molecule has 9 atom stereocenters. The number of ether oxygens (including phenoxy) is 1. The van der Waals surface area contributed by atoms with E-state index in [9.17, 15) is 24.6 Å². The van der Waals surface area contributed by atoms with E-state index in [2.05, 4.69) is 4.90 Å². The van der Waals surface area contributed by atoms with E-state index in [1.165, 1.54) is 12.2 Å². The van der Waals surface area contributed by atoms with Gasteiger partial charge in [0, 0.05) is 47.3 Å². The second kappa shape index (κ2) is 13.0. The van der Waals surface area contributed by atoms with Crippen molar-refractivity contribution in [1.82, 2.24) is 0 Å². The van der Waals surface area contributed by atoms with E-state index in [1.807, 2.05) is 24.3 Å². The van der Waals surface area contributed by atoms with Gasteiger partial charge < -0.3 is 25.6 Å². The molecule has 3 fully saturated rings. The zero-order valence-corrected chi connectivity index (χ0v) is 28.2. The molecule has 4 N–H and O–H groups in total. The minimum Gasteiger partial charge on any atom is -0.456 e. The van der Waals surface area contributed by atoms with Gasteiger partial charge in [0.1, 0.15) is 11.6 Å². The number of rotatable bonds is 11. The topological polar surface area (TPSA) is 130 Å². The van der Waals surface area contributed by atoms with Crippen LogP contribution in [-0.2, 0) is 25.5 Å². The van der Waals surface area contributed by atoms with Crippen LogP contribution < -0.4 is 10.6 Å². The van der Waals surface area contributed by atoms with E-state index < -0.39 is 70.4 Å². The van der Waals surface area contributed by atoms with Crippen LogP contribution in [0.4, 0.5) is 10.1 Å². The van der Waals surface area contributed by atoms with Crippen LogP contribution in [0.25, 0.3) is 0 Å². The molecule has 0 aliphatic heterocycles. The second-order valence-corrected chi connectivity index (χ2v) is 14.8. The standard InChI is InChI=1S/C35H45Cl2FN2O6/c1-21-16-27-26-9-6-23-18-25(41)10-11-32(23,2)34(26,38)29(42)19-33(27,3)35(21,45)30(43)20-46-31(44)28(39)17-22-4-7-24(8-5-22)40(14-12-36)15-13-37/h4-5,7-8,10-11,18,21,26-29,42,45H,6,9,12-17,19-20,39H2,1-3H3/t21-,26+,27+,28+,29+,32+,33+,34+,35+/m1/s1. The fourth-order valence-corrected chi connectivity index (χ4v) is 9.66. The van der Waals surface area contributed by atoms with E-state index in [0.717, 1.165) is 11.3 Å². The summed E-state index contributed by atoms with van der Waals surface area (Å²) in [5, 5.41) is 23.7. The number of Topliss-reactive ketones (excluding diaryl/α,β-unsaturated/α-hetero) is 1. The van der Waals surface area contributed by atoms with Crippen LogP contribution in [0.1, 0.15) is 52.0 Å². The summed E-state index contributed by atoms with van der Waals surface area (Å²) in [6.07, 6.45) is 4.19. The number of nitrogens with zero attached hydrogens (tertiary/aromatic N) is 1. The smallest absolute Gasteiger partial charge is 0.323 e. The Balaban J connectivity index is 1.26. The number of aliphatic hydroxyl groups is 2. The second-order valence-electron chi connectivity index (χ2n) is 14.0. The lowest BCUT2D eigenvalue weighted by Gasteiger charge is -2.62. The number of benzene rings is 1. The predicted octanol–water partition coefficient (Wildman–Crippen LogP) is 4.30. The van der Waals surface area contributed by atoms with Crippen molar-refractivity contribution >= 4 is 46.4 Å². The summed E-state index contributed by atoms with van der Waals surface area (Å²) in [5.74, 6) is -2.37. The molecular weight excluding hydrogens is 634 g/mol. The van der Waals surface area contributed by atoms with Crippen molar-refractivity contribution in [3.8, 4) is 0 Å². The molecule has 252 valence electrons. The van der Waals surface area contributed by atoms with Crippen molar-refractivity contribution in [3.05, 3.63) is 53.6 Å². The minimum absolute atomic E-state index is 0.154.